The quantitative estimate of drug-likeness (QED) is 0.485. The highest BCUT2D eigenvalue weighted by Gasteiger charge is 2.08. The fourth-order valence-electron chi connectivity index (χ4n) is 1.84. The third kappa shape index (κ3) is 3.81. The molecule has 0 saturated heterocycles. The molecule has 2 aromatic carbocycles. The predicted octanol–water partition coefficient (Wildman–Crippen LogP) is 5.28. The number of rotatable bonds is 3. The summed E-state index contributed by atoms with van der Waals surface area (Å²) in [5.41, 5.74) is 4.04. The summed E-state index contributed by atoms with van der Waals surface area (Å²) in [6.45, 7) is 2.14. The van der Waals surface area contributed by atoms with Crippen LogP contribution in [-0.4, -0.2) is 0 Å². The van der Waals surface area contributed by atoms with Crippen LogP contribution in [0.2, 0.25) is 0 Å². The molecule has 0 bridgehead atoms. The van der Waals surface area contributed by atoms with Crippen LogP contribution in [0.25, 0.3) is 0 Å². The molecule has 0 saturated carbocycles. The maximum Gasteiger partial charge on any atom is 0.0435 e. The first-order valence-electron chi connectivity index (χ1n) is 5.60. The zero-order valence-corrected chi connectivity index (χ0v) is 13.4. The van der Waals surface area contributed by atoms with Crippen LogP contribution >= 0.6 is 38.5 Å². The van der Waals surface area contributed by atoms with E-state index in [0.717, 1.165) is 6.42 Å². The Hall–Kier alpha value is -0.350. The molecule has 2 rings (SSSR count). The second-order valence-corrected chi connectivity index (χ2v) is 6.56. The lowest BCUT2D eigenvalue weighted by Gasteiger charge is -2.11. The van der Waals surface area contributed by atoms with Gasteiger partial charge in [-0.3, -0.25) is 0 Å². The number of halogens is 2. The van der Waals surface area contributed by atoms with Crippen LogP contribution in [0.1, 0.15) is 21.5 Å². The van der Waals surface area contributed by atoms with E-state index in [4.69, 9.17) is 0 Å². The first-order valence-corrected chi connectivity index (χ1v) is 7.59. The van der Waals surface area contributed by atoms with E-state index in [1.54, 1.807) is 0 Å². The molecule has 1 atom stereocenters. The lowest BCUT2D eigenvalue weighted by Crippen LogP contribution is -1.95. The Balaban J connectivity index is 2.11. The summed E-state index contributed by atoms with van der Waals surface area (Å²) in [4.78, 5) is 0.390. The van der Waals surface area contributed by atoms with Crippen LogP contribution in [0.15, 0.2) is 48.5 Å². The Labute approximate surface area is 125 Å². The van der Waals surface area contributed by atoms with E-state index in [9.17, 15) is 0 Å². The van der Waals surface area contributed by atoms with Gasteiger partial charge in [0.2, 0.25) is 0 Å². The average molecular weight is 401 g/mol. The van der Waals surface area contributed by atoms with Crippen molar-refractivity contribution in [3.8, 4) is 0 Å². The minimum atomic E-state index is 0.390. The van der Waals surface area contributed by atoms with Crippen LogP contribution in [0.5, 0.6) is 0 Å². The van der Waals surface area contributed by atoms with Gasteiger partial charge in [0.25, 0.3) is 0 Å². The lowest BCUT2D eigenvalue weighted by molar-refractivity contribution is 0.946. The van der Waals surface area contributed by atoms with E-state index in [-0.39, 0.29) is 0 Å². The number of benzene rings is 2. The second-order valence-electron chi connectivity index (χ2n) is 4.21. The molecule has 88 valence electrons. The zero-order chi connectivity index (χ0) is 12.3. The third-order valence-corrected chi connectivity index (χ3v) is 4.30. The highest BCUT2D eigenvalue weighted by atomic mass is 127. The van der Waals surface area contributed by atoms with Crippen molar-refractivity contribution in [1.82, 2.24) is 0 Å². The topological polar surface area (TPSA) is 0 Å². The lowest BCUT2D eigenvalue weighted by atomic mass is 10.0. The summed E-state index contributed by atoms with van der Waals surface area (Å²) >= 11 is 6.10. The monoisotopic (exact) mass is 400 g/mol. The minimum absolute atomic E-state index is 0.390. The van der Waals surface area contributed by atoms with Crippen LogP contribution in [0.3, 0.4) is 0 Å². The molecule has 0 nitrogen and oxygen atoms in total. The van der Waals surface area contributed by atoms with Crippen molar-refractivity contribution in [2.45, 2.75) is 18.2 Å². The summed E-state index contributed by atoms with van der Waals surface area (Å²) in [5, 5.41) is 0. The fourth-order valence-corrected chi connectivity index (χ4v) is 2.87. The Morgan fingerprint density at radius 1 is 1.12 bits per heavy atom. The highest BCUT2D eigenvalue weighted by Crippen LogP contribution is 2.27. The molecule has 0 aliphatic heterocycles. The summed E-state index contributed by atoms with van der Waals surface area (Å²) in [5.74, 6) is 0. The van der Waals surface area contributed by atoms with Crippen molar-refractivity contribution < 1.29 is 0 Å². The molecule has 17 heavy (non-hydrogen) atoms. The van der Waals surface area contributed by atoms with Crippen LogP contribution < -0.4 is 0 Å². The van der Waals surface area contributed by atoms with Crippen molar-refractivity contribution in [3.63, 3.8) is 0 Å². The van der Waals surface area contributed by atoms with Crippen LogP contribution in [-0.2, 0) is 6.42 Å². The second kappa shape index (κ2) is 6.01. The molecule has 0 fully saturated rings. The van der Waals surface area contributed by atoms with E-state index in [1.165, 1.54) is 20.3 Å². The number of hydrogen-bond acceptors (Lipinski definition) is 0. The van der Waals surface area contributed by atoms with Gasteiger partial charge in [0, 0.05) is 8.40 Å². The molecule has 0 aromatic heterocycles. The van der Waals surface area contributed by atoms with Gasteiger partial charge in [-0.15, -0.1) is 0 Å². The van der Waals surface area contributed by atoms with Gasteiger partial charge < -0.3 is 0 Å². The van der Waals surface area contributed by atoms with Crippen LogP contribution in [0.4, 0.5) is 0 Å². The molecular weight excluding hydrogens is 387 g/mol. The molecule has 0 amide bonds. The van der Waals surface area contributed by atoms with Gasteiger partial charge in [-0.1, -0.05) is 57.9 Å². The van der Waals surface area contributed by atoms with E-state index in [2.05, 4.69) is 94.0 Å². The molecule has 0 heterocycles. The number of alkyl halides is 1. The van der Waals surface area contributed by atoms with Crippen molar-refractivity contribution in [1.29, 1.82) is 0 Å². The molecule has 0 aliphatic carbocycles. The first kappa shape index (κ1) is 13.1. The molecule has 0 radical (unpaired) electrons. The molecular formula is C15H14BrI. The van der Waals surface area contributed by atoms with Crippen molar-refractivity contribution in [2.24, 2.45) is 0 Å². The Morgan fingerprint density at radius 3 is 2.47 bits per heavy atom. The van der Waals surface area contributed by atoms with Gasteiger partial charge in [0.15, 0.2) is 0 Å². The van der Waals surface area contributed by atoms with Gasteiger partial charge in [-0.2, -0.15) is 0 Å². The van der Waals surface area contributed by atoms with E-state index < -0.39 is 0 Å². The molecule has 1 unspecified atom stereocenters. The standard InChI is InChI=1S/C15H14BrI/c1-11-3-2-4-12(9-11)10-15(16)13-5-7-14(17)8-6-13/h2-9,15H,10H2,1H3. The molecule has 2 heteroatoms. The van der Waals surface area contributed by atoms with Crippen molar-refractivity contribution >= 4 is 38.5 Å². The maximum atomic E-state index is 3.77. The molecule has 0 spiro atoms. The summed E-state index contributed by atoms with van der Waals surface area (Å²) in [6, 6.07) is 17.4. The SMILES string of the molecule is Cc1cccc(CC(Br)c2ccc(I)cc2)c1. The molecule has 0 aliphatic rings. The molecule has 0 N–H and O–H groups in total. The summed E-state index contributed by atoms with van der Waals surface area (Å²) < 4.78 is 1.28. The molecule has 2 aromatic rings. The average Bonchev–Trinajstić information content (AvgIpc) is 2.29. The van der Waals surface area contributed by atoms with Crippen molar-refractivity contribution in [3.05, 3.63) is 68.8 Å². The Bertz CT molecular complexity index is 491. The maximum absolute atomic E-state index is 3.77. The number of aryl methyl sites for hydroxylation is 1. The zero-order valence-electron chi connectivity index (χ0n) is 9.66. The Kier molecular flexibility index (Phi) is 4.62. The third-order valence-electron chi connectivity index (χ3n) is 2.73. The van der Waals surface area contributed by atoms with Gasteiger partial charge in [-0.25, -0.2) is 0 Å². The van der Waals surface area contributed by atoms with E-state index >= 15 is 0 Å². The fraction of sp³-hybridized carbons (Fsp3) is 0.200. The van der Waals surface area contributed by atoms with Gasteiger partial charge >= 0.3 is 0 Å². The normalized spacial score (nSPS) is 12.4. The first-order chi connectivity index (χ1) is 8.15. The predicted molar refractivity (Wildman–Crippen MR) is 85.7 cm³/mol. The largest absolute Gasteiger partial charge is 0.0835 e. The minimum Gasteiger partial charge on any atom is -0.0835 e. The van der Waals surface area contributed by atoms with E-state index in [1.807, 2.05) is 0 Å². The number of hydrogen-bond donors (Lipinski definition) is 0. The van der Waals surface area contributed by atoms with Crippen molar-refractivity contribution in [2.75, 3.05) is 0 Å². The van der Waals surface area contributed by atoms with Gasteiger partial charge in [-0.05, 0) is 59.2 Å². The Morgan fingerprint density at radius 2 is 1.82 bits per heavy atom. The van der Waals surface area contributed by atoms with Crippen LogP contribution in [0, 0.1) is 10.5 Å². The highest BCUT2D eigenvalue weighted by molar-refractivity contribution is 14.1. The van der Waals surface area contributed by atoms with Gasteiger partial charge in [0.1, 0.15) is 0 Å². The summed E-state index contributed by atoms with van der Waals surface area (Å²) in [7, 11) is 0. The van der Waals surface area contributed by atoms with E-state index in [0.29, 0.717) is 4.83 Å². The van der Waals surface area contributed by atoms with Gasteiger partial charge in [0.05, 0.1) is 0 Å². The summed E-state index contributed by atoms with van der Waals surface area (Å²) in [6.07, 6.45) is 1.03. The smallest absolute Gasteiger partial charge is 0.0435 e.